The fourth-order valence-corrected chi connectivity index (χ4v) is 5.00. The molecule has 0 aliphatic carbocycles. The average Bonchev–Trinajstić information content (AvgIpc) is 3.32. The summed E-state index contributed by atoms with van der Waals surface area (Å²) in [5.41, 5.74) is 3.00. The van der Waals surface area contributed by atoms with Crippen LogP contribution in [0, 0.1) is 10.8 Å². The molecular weight excluding hydrogens is 601 g/mol. The zero-order valence-corrected chi connectivity index (χ0v) is 29.2. The fraction of sp³-hybridized carbons (Fsp3) is 0.559. The molecule has 1 fully saturated rings. The number of hydrogen-bond donors (Lipinski definition) is 0. The Hall–Kier alpha value is -2.65. The topological polar surface area (TPSA) is 79.4 Å². The molecule has 0 bridgehead atoms. The molecule has 0 radical (unpaired) electrons. The summed E-state index contributed by atoms with van der Waals surface area (Å²) in [6, 6.07) is 9.77. The lowest BCUT2D eigenvalue weighted by Gasteiger charge is -2.32. The van der Waals surface area contributed by atoms with Gasteiger partial charge in [0.15, 0.2) is 0 Å². The van der Waals surface area contributed by atoms with Crippen molar-refractivity contribution in [2.45, 2.75) is 80.9 Å². The number of fused-ring (bicyclic) bond motifs is 1. The SMILES string of the molecule is CC(C)c1cc(C(=O)N2Cc3ccc(CN4CCN(C)CC4)cc3C2)c(OC(=O)C(C)(C)C)cc1OC(=O)C(C)(C)C.Cl.Cl. The quantitative estimate of drug-likeness (QED) is 0.262. The summed E-state index contributed by atoms with van der Waals surface area (Å²) in [6.07, 6.45) is 0. The third-order valence-electron chi connectivity index (χ3n) is 7.88. The third kappa shape index (κ3) is 8.96. The molecule has 244 valence electrons. The first kappa shape index (κ1) is 37.5. The van der Waals surface area contributed by atoms with Gasteiger partial charge >= 0.3 is 11.9 Å². The van der Waals surface area contributed by atoms with E-state index in [1.807, 2.05) is 13.8 Å². The highest BCUT2D eigenvalue weighted by molar-refractivity contribution is 5.99. The predicted octanol–water partition coefficient (Wildman–Crippen LogP) is 6.46. The number of esters is 2. The molecule has 2 aliphatic heterocycles. The average molecular weight is 651 g/mol. The maximum Gasteiger partial charge on any atom is 0.316 e. The molecule has 10 heteroatoms. The van der Waals surface area contributed by atoms with Gasteiger partial charge in [-0.1, -0.05) is 32.0 Å². The Morgan fingerprint density at radius 2 is 1.32 bits per heavy atom. The van der Waals surface area contributed by atoms with E-state index < -0.39 is 22.8 Å². The highest BCUT2D eigenvalue weighted by atomic mass is 35.5. The van der Waals surface area contributed by atoms with E-state index in [4.69, 9.17) is 9.47 Å². The first-order valence-electron chi connectivity index (χ1n) is 15.0. The van der Waals surface area contributed by atoms with Gasteiger partial charge in [-0.15, -0.1) is 24.8 Å². The molecule has 1 saturated heterocycles. The van der Waals surface area contributed by atoms with Gasteiger partial charge < -0.3 is 19.3 Å². The van der Waals surface area contributed by atoms with Crippen molar-refractivity contribution in [2.75, 3.05) is 33.2 Å². The number of amides is 1. The number of rotatable bonds is 6. The van der Waals surface area contributed by atoms with Crippen molar-refractivity contribution in [2.24, 2.45) is 10.8 Å². The summed E-state index contributed by atoms with van der Waals surface area (Å²) in [7, 11) is 2.16. The minimum absolute atomic E-state index is 0. The first-order valence-corrected chi connectivity index (χ1v) is 15.0. The van der Waals surface area contributed by atoms with Gasteiger partial charge in [-0.3, -0.25) is 19.3 Å². The van der Waals surface area contributed by atoms with Crippen LogP contribution in [0.4, 0.5) is 0 Å². The van der Waals surface area contributed by atoms with Crippen LogP contribution in [-0.2, 0) is 29.2 Å². The number of likely N-dealkylation sites (N-methyl/N-ethyl adjacent to an activating group) is 1. The van der Waals surface area contributed by atoms with Crippen molar-refractivity contribution in [1.29, 1.82) is 0 Å². The van der Waals surface area contributed by atoms with Crippen LogP contribution in [0.1, 0.15) is 93.9 Å². The second-order valence-electron chi connectivity index (χ2n) is 14.2. The second kappa shape index (κ2) is 14.6. The van der Waals surface area contributed by atoms with Crippen LogP contribution in [0.5, 0.6) is 11.5 Å². The van der Waals surface area contributed by atoms with Crippen molar-refractivity contribution in [1.82, 2.24) is 14.7 Å². The van der Waals surface area contributed by atoms with Crippen molar-refractivity contribution in [3.63, 3.8) is 0 Å². The molecule has 0 saturated carbocycles. The number of nitrogens with zero attached hydrogens (tertiary/aromatic N) is 3. The Balaban J connectivity index is 0.00000337. The summed E-state index contributed by atoms with van der Waals surface area (Å²) in [5.74, 6) is -0.734. The van der Waals surface area contributed by atoms with E-state index >= 15 is 0 Å². The van der Waals surface area contributed by atoms with E-state index in [0.717, 1.165) is 43.9 Å². The summed E-state index contributed by atoms with van der Waals surface area (Å²) >= 11 is 0. The molecule has 0 spiro atoms. The molecule has 0 N–H and O–H groups in total. The van der Waals surface area contributed by atoms with E-state index in [0.29, 0.717) is 24.4 Å². The van der Waals surface area contributed by atoms with Gasteiger partial charge in [0.2, 0.25) is 0 Å². The van der Waals surface area contributed by atoms with Crippen molar-refractivity contribution >= 4 is 42.7 Å². The standard InChI is InChI=1S/C34H47N3O5.2ClH/c1-22(2)26-17-27(29(42-32(40)34(6,7)8)18-28(26)41-31(39)33(3,4)5)30(38)37-20-24-11-10-23(16-25(24)21-37)19-36-14-12-35(9)13-15-36;;/h10-11,16-18,22H,12-15,19-21H2,1-9H3;2*1H. The lowest BCUT2D eigenvalue weighted by molar-refractivity contribution is -0.143. The normalized spacial score (nSPS) is 15.7. The van der Waals surface area contributed by atoms with Gasteiger partial charge in [-0.2, -0.15) is 0 Å². The summed E-state index contributed by atoms with van der Waals surface area (Å²) in [5, 5.41) is 0. The Kier molecular flexibility index (Phi) is 12.5. The van der Waals surface area contributed by atoms with E-state index in [-0.39, 0.29) is 48.0 Å². The molecular formula is C34H49Cl2N3O5. The molecule has 2 aromatic rings. The Morgan fingerprint density at radius 1 is 0.773 bits per heavy atom. The molecule has 4 rings (SSSR count). The second-order valence-corrected chi connectivity index (χ2v) is 14.2. The van der Waals surface area contributed by atoms with Crippen molar-refractivity contribution in [3.05, 3.63) is 58.1 Å². The molecule has 1 amide bonds. The number of benzene rings is 2. The molecule has 0 unspecified atom stereocenters. The molecule has 2 heterocycles. The number of halogens is 2. The summed E-state index contributed by atoms with van der Waals surface area (Å²) < 4.78 is 11.6. The number of carbonyl (C=O) groups is 3. The van der Waals surface area contributed by atoms with E-state index in [2.05, 4.69) is 35.0 Å². The zero-order valence-electron chi connectivity index (χ0n) is 27.6. The number of ether oxygens (including phenoxy) is 2. The molecule has 8 nitrogen and oxygen atoms in total. The van der Waals surface area contributed by atoms with Gasteiger partial charge in [0.1, 0.15) is 11.5 Å². The highest BCUT2D eigenvalue weighted by Gasteiger charge is 2.32. The van der Waals surface area contributed by atoms with Crippen LogP contribution in [0.2, 0.25) is 0 Å². The lowest BCUT2D eigenvalue weighted by Crippen LogP contribution is -2.43. The van der Waals surface area contributed by atoms with E-state index in [1.54, 1.807) is 52.5 Å². The molecule has 2 aliphatic rings. The largest absolute Gasteiger partial charge is 0.426 e. The van der Waals surface area contributed by atoms with Gasteiger partial charge in [-0.25, -0.2) is 0 Å². The summed E-state index contributed by atoms with van der Waals surface area (Å²) in [6.45, 7) is 20.7. The molecule has 44 heavy (non-hydrogen) atoms. The lowest BCUT2D eigenvalue weighted by atomic mass is 9.95. The van der Waals surface area contributed by atoms with Gasteiger partial charge in [0.05, 0.1) is 16.4 Å². The zero-order chi connectivity index (χ0) is 31.0. The van der Waals surface area contributed by atoms with Gasteiger partial charge in [0, 0.05) is 51.9 Å². The van der Waals surface area contributed by atoms with Crippen molar-refractivity contribution in [3.8, 4) is 11.5 Å². The van der Waals surface area contributed by atoms with Crippen molar-refractivity contribution < 1.29 is 23.9 Å². The maximum absolute atomic E-state index is 14.1. The minimum atomic E-state index is -0.788. The van der Waals surface area contributed by atoms with Gasteiger partial charge in [0.25, 0.3) is 5.91 Å². The highest BCUT2D eigenvalue weighted by Crippen LogP contribution is 2.38. The van der Waals surface area contributed by atoms with Crippen LogP contribution in [0.3, 0.4) is 0 Å². The smallest absolute Gasteiger partial charge is 0.316 e. The monoisotopic (exact) mass is 649 g/mol. The fourth-order valence-electron chi connectivity index (χ4n) is 5.00. The third-order valence-corrected chi connectivity index (χ3v) is 7.88. The maximum atomic E-state index is 14.1. The van der Waals surface area contributed by atoms with Crippen LogP contribution in [-0.4, -0.2) is 65.8 Å². The van der Waals surface area contributed by atoms with Crippen LogP contribution < -0.4 is 9.47 Å². The molecule has 2 aromatic carbocycles. The number of carbonyl (C=O) groups excluding carboxylic acids is 3. The van der Waals surface area contributed by atoms with Gasteiger partial charge in [-0.05, 0) is 82.8 Å². The van der Waals surface area contributed by atoms with Crippen LogP contribution in [0.25, 0.3) is 0 Å². The minimum Gasteiger partial charge on any atom is -0.426 e. The predicted molar refractivity (Wildman–Crippen MR) is 178 cm³/mol. The molecule has 0 aromatic heterocycles. The first-order chi connectivity index (χ1) is 19.5. The molecule has 0 atom stereocenters. The van der Waals surface area contributed by atoms with E-state index in [9.17, 15) is 14.4 Å². The van der Waals surface area contributed by atoms with Crippen LogP contribution in [0.15, 0.2) is 30.3 Å². The number of piperazine rings is 1. The Bertz CT molecular complexity index is 1360. The van der Waals surface area contributed by atoms with E-state index in [1.165, 1.54) is 11.6 Å². The Morgan fingerprint density at radius 3 is 1.86 bits per heavy atom. The van der Waals surface area contributed by atoms with Crippen LogP contribution >= 0.6 is 24.8 Å². The number of hydrogen-bond acceptors (Lipinski definition) is 7. The summed E-state index contributed by atoms with van der Waals surface area (Å²) in [4.78, 5) is 46.5. The Labute approximate surface area is 275 Å².